The summed E-state index contributed by atoms with van der Waals surface area (Å²) in [6.45, 7) is 1.10. The lowest BCUT2D eigenvalue weighted by Gasteiger charge is -2.14. The largest absolute Gasteiger partial charge is 0.379 e. The number of aromatic nitrogens is 1. The van der Waals surface area contributed by atoms with Gasteiger partial charge in [0, 0.05) is 24.0 Å². The van der Waals surface area contributed by atoms with Gasteiger partial charge >= 0.3 is 0 Å². The van der Waals surface area contributed by atoms with Crippen molar-refractivity contribution in [1.29, 1.82) is 0 Å². The summed E-state index contributed by atoms with van der Waals surface area (Å²) in [5.74, 6) is 0.0270. The normalized spacial score (nSPS) is 25.4. The molecule has 2 rings (SSSR count). The highest BCUT2D eigenvalue weighted by Crippen LogP contribution is 2.18. The molecule has 80 valence electrons. The molecule has 4 heteroatoms. The fraction of sp³-hybridized carbons (Fsp3) is 0.455. The molecule has 1 fully saturated rings. The standard InChI is InChI=1S/C11H14N2O2/c1-12-10-7-15-6-9(10)11(14)8-3-2-4-13-5-8/h2-5,9-10,12H,6-7H2,1H3. The number of nitrogens with zero attached hydrogens (tertiary/aromatic N) is 1. The van der Waals surface area contributed by atoms with Crippen LogP contribution in [0.1, 0.15) is 10.4 Å². The maximum Gasteiger partial charge on any atom is 0.171 e. The molecule has 0 amide bonds. The summed E-state index contributed by atoms with van der Waals surface area (Å²) in [5, 5.41) is 3.10. The molecule has 0 aromatic carbocycles. The second-order valence-corrected chi connectivity index (χ2v) is 3.65. The van der Waals surface area contributed by atoms with Gasteiger partial charge in [-0.25, -0.2) is 0 Å². The first-order valence-electron chi connectivity index (χ1n) is 5.02. The Morgan fingerprint density at radius 1 is 1.60 bits per heavy atom. The first-order valence-corrected chi connectivity index (χ1v) is 5.02. The number of rotatable bonds is 3. The molecule has 1 aromatic heterocycles. The van der Waals surface area contributed by atoms with Gasteiger partial charge in [0.05, 0.1) is 19.1 Å². The van der Waals surface area contributed by atoms with Crippen molar-refractivity contribution in [3.63, 3.8) is 0 Å². The monoisotopic (exact) mass is 206 g/mol. The lowest BCUT2D eigenvalue weighted by atomic mass is 9.94. The lowest BCUT2D eigenvalue weighted by molar-refractivity contribution is 0.0892. The van der Waals surface area contributed by atoms with Gasteiger partial charge in [-0.2, -0.15) is 0 Å². The van der Waals surface area contributed by atoms with E-state index >= 15 is 0 Å². The van der Waals surface area contributed by atoms with Gasteiger partial charge in [0.15, 0.2) is 5.78 Å². The predicted molar refractivity (Wildman–Crippen MR) is 55.7 cm³/mol. The van der Waals surface area contributed by atoms with Crippen molar-refractivity contribution in [1.82, 2.24) is 10.3 Å². The number of nitrogens with one attached hydrogen (secondary N) is 1. The molecule has 4 nitrogen and oxygen atoms in total. The third kappa shape index (κ3) is 2.06. The molecule has 1 aromatic rings. The van der Waals surface area contributed by atoms with Gasteiger partial charge in [-0.05, 0) is 19.2 Å². The van der Waals surface area contributed by atoms with Crippen LogP contribution in [0.5, 0.6) is 0 Å². The van der Waals surface area contributed by atoms with Gasteiger partial charge in [-0.15, -0.1) is 0 Å². The molecule has 2 unspecified atom stereocenters. The van der Waals surface area contributed by atoms with Crippen molar-refractivity contribution in [3.05, 3.63) is 30.1 Å². The van der Waals surface area contributed by atoms with E-state index in [0.29, 0.717) is 18.8 Å². The molecule has 0 bridgehead atoms. The molecule has 0 saturated carbocycles. The molecule has 1 aliphatic heterocycles. The van der Waals surface area contributed by atoms with E-state index in [4.69, 9.17) is 4.74 Å². The van der Waals surface area contributed by atoms with Crippen LogP contribution in [0.2, 0.25) is 0 Å². The molecule has 1 saturated heterocycles. The number of hydrogen-bond donors (Lipinski definition) is 1. The zero-order chi connectivity index (χ0) is 10.7. The summed E-state index contributed by atoms with van der Waals surface area (Å²) in [4.78, 5) is 16.0. The highest BCUT2D eigenvalue weighted by atomic mass is 16.5. The van der Waals surface area contributed by atoms with Gasteiger partial charge in [0.25, 0.3) is 0 Å². The third-order valence-corrected chi connectivity index (χ3v) is 2.73. The molecule has 0 radical (unpaired) electrons. The van der Waals surface area contributed by atoms with Crippen molar-refractivity contribution >= 4 is 5.78 Å². The molecular weight excluding hydrogens is 192 g/mol. The van der Waals surface area contributed by atoms with Crippen molar-refractivity contribution < 1.29 is 9.53 Å². The van der Waals surface area contributed by atoms with E-state index in [1.807, 2.05) is 7.05 Å². The van der Waals surface area contributed by atoms with Crippen molar-refractivity contribution in [2.45, 2.75) is 6.04 Å². The number of ether oxygens (including phenoxy) is 1. The second-order valence-electron chi connectivity index (χ2n) is 3.65. The number of Topliss-reactive ketones (excluding diaryl/α,β-unsaturated/α-hetero) is 1. The van der Waals surface area contributed by atoms with Crippen LogP contribution < -0.4 is 5.32 Å². The molecule has 2 atom stereocenters. The van der Waals surface area contributed by atoms with Crippen LogP contribution in [0.25, 0.3) is 0 Å². The summed E-state index contributed by atoms with van der Waals surface area (Å²) in [6, 6.07) is 3.69. The Morgan fingerprint density at radius 2 is 2.47 bits per heavy atom. The van der Waals surface area contributed by atoms with E-state index in [2.05, 4.69) is 10.3 Å². The fourth-order valence-corrected chi connectivity index (χ4v) is 1.82. The molecular formula is C11H14N2O2. The van der Waals surface area contributed by atoms with Gasteiger partial charge in [0.2, 0.25) is 0 Å². The number of ketones is 1. The van der Waals surface area contributed by atoms with E-state index in [1.54, 1.807) is 24.5 Å². The van der Waals surface area contributed by atoms with Gasteiger partial charge < -0.3 is 10.1 Å². The van der Waals surface area contributed by atoms with Gasteiger partial charge in [-0.3, -0.25) is 9.78 Å². The Hall–Kier alpha value is -1.26. The van der Waals surface area contributed by atoms with E-state index in [9.17, 15) is 4.79 Å². The minimum absolute atomic E-state index is 0.0841. The summed E-state index contributed by atoms with van der Waals surface area (Å²) in [5.41, 5.74) is 0.660. The van der Waals surface area contributed by atoms with Crippen molar-refractivity contribution in [2.75, 3.05) is 20.3 Å². The average molecular weight is 206 g/mol. The number of hydrogen-bond acceptors (Lipinski definition) is 4. The first-order chi connectivity index (χ1) is 7.33. The van der Waals surface area contributed by atoms with E-state index in [-0.39, 0.29) is 17.7 Å². The molecule has 0 aliphatic carbocycles. The molecule has 1 N–H and O–H groups in total. The van der Waals surface area contributed by atoms with E-state index in [1.165, 1.54) is 0 Å². The van der Waals surface area contributed by atoms with Crippen LogP contribution in [0.3, 0.4) is 0 Å². The fourth-order valence-electron chi connectivity index (χ4n) is 1.82. The average Bonchev–Trinajstić information content (AvgIpc) is 2.77. The highest BCUT2D eigenvalue weighted by molar-refractivity contribution is 5.98. The van der Waals surface area contributed by atoms with E-state index < -0.39 is 0 Å². The van der Waals surface area contributed by atoms with Crippen LogP contribution in [-0.4, -0.2) is 37.1 Å². The van der Waals surface area contributed by atoms with E-state index in [0.717, 1.165) is 0 Å². The summed E-state index contributed by atoms with van der Waals surface area (Å²) in [7, 11) is 1.85. The minimum Gasteiger partial charge on any atom is -0.379 e. The summed E-state index contributed by atoms with van der Waals surface area (Å²) in [6.07, 6.45) is 3.27. The lowest BCUT2D eigenvalue weighted by Crippen LogP contribution is -2.37. The van der Waals surface area contributed by atoms with Crippen molar-refractivity contribution in [3.8, 4) is 0 Å². The topological polar surface area (TPSA) is 51.2 Å². The van der Waals surface area contributed by atoms with Crippen LogP contribution in [-0.2, 0) is 4.74 Å². The zero-order valence-corrected chi connectivity index (χ0v) is 8.64. The van der Waals surface area contributed by atoms with Crippen LogP contribution in [0.4, 0.5) is 0 Å². The number of pyridine rings is 1. The second kappa shape index (κ2) is 4.51. The van der Waals surface area contributed by atoms with Crippen LogP contribution >= 0.6 is 0 Å². The Morgan fingerprint density at radius 3 is 3.13 bits per heavy atom. The smallest absolute Gasteiger partial charge is 0.171 e. The molecule has 1 aliphatic rings. The summed E-state index contributed by atoms with van der Waals surface area (Å²) < 4.78 is 5.30. The molecule has 0 spiro atoms. The Kier molecular flexibility index (Phi) is 3.08. The van der Waals surface area contributed by atoms with Gasteiger partial charge in [-0.1, -0.05) is 0 Å². The van der Waals surface area contributed by atoms with Crippen LogP contribution in [0, 0.1) is 5.92 Å². The maximum atomic E-state index is 12.1. The SMILES string of the molecule is CNC1COCC1C(=O)c1cccnc1. The highest BCUT2D eigenvalue weighted by Gasteiger charge is 2.33. The minimum atomic E-state index is -0.0841. The number of likely N-dealkylation sites (N-methyl/N-ethyl adjacent to an activating group) is 1. The van der Waals surface area contributed by atoms with Crippen LogP contribution in [0.15, 0.2) is 24.5 Å². The molecule has 15 heavy (non-hydrogen) atoms. The predicted octanol–water partition coefficient (Wildman–Crippen LogP) is 0.499. The quantitative estimate of drug-likeness (QED) is 0.732. The first kappa shape index (κ1) is 10.3. The summed E-state index contributed by atoms with van der Waals surface area (Å²) >= 11 is 0. The number of carbonyl (C=O) groups excluding carboxylic acids is 1. The Bertz CT molecular complexity index is 340. The Labute approximate surface area is 88.7 Å². The van der Waals surface area contributed by atoms with Gasteiger partial charge in [0.1, 0.15) is 0 Å². The third-order valence-electron chi connectivity index (χ3n) is 2.73. The maximum absolute atomic E-state index is 12.1. The zero-order valence-electron chi connectivity index (χ0n) is 8.64. The molecule has 2 heterocycles. The number of carbonyl (C=O) groups is 1. The van der Waals surface area contributed by atoms with Crippen molar-refractivity contribution in [2.24, 2.45) is 5.92 Å². The Balaban J connectivity index is 2.14.